The molecule has 17 heavy (non-hydrogen) atoms. The van der Waals surface area contributed by atoms with E-state index in [-0.39, 0.29) is 6.10 Å². The molecule has 0 aromatic rings. The summed E-state index contributed by atoms with van der Waals surface area (Å²) in [5.74, 6) is 0. The minimum atomic E-state index is -0.0828. The van der Waals surface area contributed by atoms with E-state index in [2.05, 4.69) is 16.8 Å². The molecule has 3 nitrogen and oxygen atoms in total. The van der Waals surface area contributed by atoms with Crippen LogP contribution in [0.1, 0.15) is 44.9 Å². The fourth-order valence-electron chi connectivity index (χ4n) is 3.32. The Morgan fingerprint density at radius 2 is 1.82 bits per heavy atom. The lowest BCUT2D eigenvalue weighted by molar-refractivity contribution is 0.0309. The molecule has 0 aromatic carbocycles. The second-order valence-electron chi connectivity index (χ2n) is 5.80. The van der Waals surface area contributed by atoms with E-state index in [9.17, 15) is 5.11 Å². The van der Waals surface area contributed by atoms with Gasteiger partial charge in [0, 0.05) is 6.04 Å². The van der Waals surface area contributed by atoms with Gasteiger partial charge in [0.1, 0.15) is 0 Å². The normalized spacial score (nSPS) is 31.2. The van der Waals surface area contributed by atoms with Crippen LogP contribution >= 0.6 is 0 Å². The Kier molecular flexibility index (Phi) is 5.26. The van der Waals surface area contributed by atoms with Crippen LogP contribution in [0, 0.1) is 0 Å². The molecule has 2 fully saturated rings. The van der Waals surface area contributed by atoms with Gasteiger partial charge in [-0.05, 0) is 65.3 Å². The van der Waals surface area contributed by atoms with Crippen LogP contribution in [0.2, 0.25) is 0 Å². The van der Waals surface area contributed by atoms with E-state index >= 15 is 0 Å². The Labute approximate surface area is 106 Å². The predicted octanol–water partition coefficient (Wildman–Crippen LogP) is 1.71. The van der Waals surface area contributed by atoms with E-state index in [1.807, 2.05) is 0 Å². The summed E-state index contributed by atoms with van der Waals surface area (Å²) >= 11 is 0. The number of likely N-dealkylation sites (N-methyl/N-ethyl adjacent to an activating group) is 1. The lowest BCUT2D eigenvalue weighted by Crippen LogP contribution is -2.44. The van der Waals surface area contributed by atoms with Crippen LogP contribution in [0.25, 0.3) is 0 Å². The van der Waals surface area contributed by atoms with E-state index in [0.29, 0.717) is 6.04 Å². The second kappa shape index (κ2) is 6.72. The van der Waals surface area contributed by atoms with Crippen LogP contribution in [0.3, 0.4) is 0 Å². The van der Waals surface area contributed by atoms with Crippen molar-refractivity contribution in [2.24, 2.45) is 0 Å². The second-order valence-corrected chi connectivity index (χ2v) is 5.80. The van der Waals surface area contributed by atoms with Crippen LogP contribution in [0.5, 0.6) is 0 Å². The molecule has 2 atom stereocenters. The first-order chi connectivity index (χ1) is 8.27. The number of aliphatic hydroxyl groups is 1. The summed E-state index contributed by atoms with van der Waals surface area (Å²) < 4.78 is 0. The van der Waals surface area contributed by atoms with Crippen molar-refractivity contribution in [3.8, 4) is 0 Å². The number of nitrogens with zero attached hydrogens (tertiary/aromatic N) is 2. The highest BCUT2D eigenvalue weighted by Crippen LogP contribution is 2.22. The molecular formula is C14H28N2O. The maximum atomic E-state index is 10.00. The van der Waals surface area contributed by atoms with Gasteiger partial charge in [0.15, 0.2) is 0 Å². The summed E-state index contributed by atoms with van der Waals surface area (Å²) in [6.07, 6.45) is 8.62. The van der Waals surface area contributed by atoms with Crippen LogP contribution in [-0.2, 0) is 0 Å². The van der Waals surface area contributed by atoms with E-state index in [1.54, 1.807) is 0 Å². The van der Waals surface area contributed by atoms with Crippen molar-refractivity contribution < 1.29 is 5.11 Å². The van der Waals surface area contributed by atoms with E-state index in [4.69, 9.17) is 0 Å². The Bertz CT molecular complexity index is 216. The molecule has 2 aliphatic rings. The molecule has 2 rings (SSSR count). The Balaban J connectivity index is 1.63. The molecule has 0 aromatic heterocycles. The van der Waals surface area contributed by atoms with Gasteiger partial charge in [0.05, 0.1) is 6.10 Å². The highest BCUT2D eigenvalue weighted by molar-refractivity contribution is 4.81. The SMILES string of the molecule is CN(CCCN1CCCC1)C1CCCCC1O. The van der Waals surface area contributed by atoms with Gasteiger partial charge in [-0.1, -0.05) is 12.8 Å². The molecule has 1 saturated heterocycles. The fraction of sp³-hybridized carbons (Fsp3) is 1.00. The van der Waals surface area contributed by atoms with Gasteiger partial charge in [0.25, 0.3) is 0 Å². The lowest BCUT2D eigenvalue weighted by atomic mass is 9.91. The third-order valence-corrected chi connectivity index (χ3v) is 4.44. The Morgan fingerprint density at radius 3 is 2.53 bits per heavy atom. The van der Waals surface area contributed by atoms with Gasteiger partial charge < -0.3 is 14.9 Å². The molecule has 1 aliphatic heterocycles. The number of aliphatic hydroxyl groups excluding tert-OH is 1. The van der Waals surface area contributed by atoms with Crippen molar-refractivity contribution in [1.82, 2.24) is 9.80 Å². The number of hydrogen-bond acceptors (Lipinski definition) is 3. The van der Waals surface area contributed by atoms with E-state index in [1.165, 1.54) is 58.2 Å². The van der Waals surface area contributed by atoms with Crippen molar-refractivity contribution in [2.45, 2.75) is 57.1 Å². The molecule has 100 valence electrons. The standard InChI is InChI=1S/C14H28N2O/c1-15(13-7-2-3-8-14(13)17)9-6-12-16-10-4-5-11-16/h13-14,17H,2-12H2,1H3. The number of rotatable bonds is 5. The summed E-state index contributed by atoms with van der Waals surface area (Å²) in [7, 11) is 2.18. The molecule has 3 heteroatoms. The van der Waals surface area contributed by atoms with Crippen LogP contribution < -0.4 is 0 Å². The zero-order valence-electron chi connectivity index (χ0n) is 11.3. The molecule has 0 amide bonds. The molecule has 0 spiro atoms. The Hall–Kier alpha value is -0.120. The molecule has 2 unspecified atom stereocenters. The van der Waals surface area contributed by atoms with Crippen LogP contribution in [-0.4, -0.2) is 60.3 Å². The molecule has 1 aliphatic carbocycles. The highest BCUT2D eigenvalue weighted by atomic mass is 16.3. The first kappa shape index (κ1) is 13.3. The maximum absolute atomic E-state index is 10.00. The highest BCUT2D eigenvalue weighted by Gasteiger charge is 2.26. The minimum Gasteiger partial charge on any atom is -0.391 e. The van der Waals surface area contributed by atoms with Gasteiger partial charge in [-0.3, -0.25) is 0 Å². The summed E-state index contributed by atoms with van der Waals surface area (Å²) in [5, 5.41) is 10.00. The van der Waals surface area contributed by atoms with Gasteiger partial charge in [-0.25, -0.2) is 0 Å². The molecule has 0 bridgehead atoms. The van der Waals surface area contributed by atoms with Gasteiger partial charge in [-0.2, -0.15) is 0 Å². The van der Waals surface area contributed by atoms with Gasteiger partial charge in [-0.15, -0.1) is 0 Å². The Morgan fingerprint density at radius 1 is 1.12 bits per heavy atom. The van der Waals surface area contributed by atoms with Crippen molar-refractivity contribution in [1.29, 1.82) is 0 Å². The average Bonchev–Trinajstić information content (AvgIpc) is 2.82. The maximum Gasteiger partial charge on any atom is 0.0695 e. The lowest BCUT2D eigenvalue weighted by Gasteiger charge is -2.35. The van der Waals surface area contributed by atoms with E-state index in [0.717, 1.165) is 13.0 Å². The molecule has 1 saturated carbocycles. The van der Waals surface area contributed by atoms with Crippen molar-refractivity contribution in [2.75, 3.05) is 33.2 Å². The third kappa shape index (κ3) is 3.94. The first-order valence-electron chi connectivity index (χ1n) is 7.38. The van der Waals surface area contributed by atoms with E-state index < -0.39 is 0 Å². The zero-order chi connectivity index (χ0) is 12.1. The predicted molar refractivity (Wildman–Crippen MR) is 71.2 cm³/mol. The average molecular weight is 240 g/mol. The quantitative estimate of drug-likeness (QED) is 0.792. The van der Waals surface area contributed by atoms with Crippen molar-refractivity contribution >= 4 is 0 Å². The summed E-state index contributed by atoms with van der Waals surface area (Å²) in [6.45, 7) is 4.98. The number of likely N-dealkylation sites (tertiary alicyclic amines) is 1. The fourth-order valence-corrected chi connectivity index (χ4v) is 3.32. The van der Waals surface area contributed by atoms with Crippen molar-refractivity contribution in [3.05, 3.63) is 0 Å². The minimum absolute atomic E-state index is 0.0828. The van der Waals surface area contributed by atoms with Crippen molar-refractivity contribution in [3.63, 3.8) is 0 Å². The monoisotopic (exact) mass is 240 g/mol. The summed E-state index contributed by atoms with van der Waals surface area (Å²) in [6, 6.07) is 0.419. The smallest absolute Gasteiger partial charge is 0.0695 e. The summed E-state index contributed by atoms with van der Waals surface area (Å²) in [5.41, 5.74) is 0. The van der Waals surface area contributed by atoms with Crippen LogP contribution in [0.15, 0.2) is 0 Å². The zero-order valence-corrected chi connectivity index (χ0v) is 11.3. The topological polar surface area (TPSA) is 26.7 Å². The van der Waals surface area contributed by atoms with Gasteiger partial charge in [0.2, 0.25) is 0 Å². The van der Waals surface area contributed by atoms with Gasteiger partial charge >= 0.3 is 0 Å². The molecule has 1 N–H and O–H groups in total. The number of hydrogen-bond donors (Lipinski definition) is 1. The molecule has 1 heterocycles. The summed E-state index contributed by atoms with van der Waals surface area (Å²) in [4.78, 5) is 4.96. The first-order valence-corrected chi connectivity index (χ1v) is 7.38. The molecule has 0 radical (unpaired) electrons. The molecular weight excluding hydrogens is 212 g/mol. The largest absolute Gasteiger partial charge is 0.391 e. The third-order valence-electron chi connectivity index (χ3n) is 4.44. The van der Waals surface area contributed by atoms with Crippen LogP contribution in [0.4, 0.5) is 0 Å².